The molecule has 10 heteroatoms. The van der Waals surface area contributed by atoms with Gasteiger partial charge >= 0.3 is 12.1 Å². The number of esters is 1. The van der Waals surface area contributed by atoms with Gasteiger partial charge < -0.3 is 9.47 Å². The third kappa shape index (κ3) is 5.46. The predicted molar refractivity (Wildman–Crippen MR) is 100 cm³/mol. The maximum atomic E-state index is 12.5. The molecule has 0 radical (unpaired) electrons. The van der Waals surface area contributed by atoms with Crippen molar-refractivity contribution in [1.82, 2.24) is 4.90 Å². The predicted octanol–water partition coefficient (Wildman–Crippen LogP) is 0.201. The molecule has 0 N–H and O–H groups in total. The second-order valence-electron chi connectivity index (χ2n) is 7.39. The molecule has 1 heterocycles. The van der Waals surface area contributed by atoms with Gasteiger partial charge in [0.05, 0.1) is 24.7 Å². The lowest BCUT2D eigenvalue weighted by Gasteiger charge is -2.27. The van der Waals surface area contributed by atoms with Gasteiger partial charge in [-0.05, 0) is 32.9 Å². The molecule has 0 aliphatic carbocycles. The summed E-state index contributed by atoms with van der Waals surface area (Å²) < 4.78 is 40.3. The van der Waals surface area contributed by atoms with Gasteiger partial charge in [0, 0.05) is 6.42 Å². The van der Waals surface area contributed by atoms with Crippen LogP contribution in [0.2, 0.25) is 0 Å². The Morgan fingerprint density at radius 2 is 1.78 bits per heavy atom. The Morgan fingerprint density at radius 1 is 1.19 bits per heavy atom. The number of ether oxygens (including phenoxy) is 2. The van der Waals surface area contributed by atoms with E-state index in [9.17, 15) is 18.0 Å². The number of carbonyl (C=O) groups excluding carboxylic acids is 2. The summed E-state index contributed by atoms with van der Waals surface area (Å²) >= 11 is 0. The van der Waals surface area contributed by atoms with Gasteiger partial charge in [0.1, 0.15) is 19.5 Å². The van der Waals surface area contributed by atoms with E-state index in [1.54, 1.807) is 32.9 Å². The number of benzene rings is 1. The average Bonchev–Trinajstić information content (AvgIpc) is 2.96. The van der Waals surface area contributed by atoms with Gasteiger partial charge in [-0.25, -0.2) is 9.59 Å². The summed E-state index contributed by atoms with van der Waals surface area (Å²) in [7, 11) is -0.989. The Labute approximate surface area is 160 Å². The van der Waals surface area contributed by atoms with Crippen LogP contribution in [0.4, 0.5) is 4.79 Å². The van der Waals surface area contributed by atoms with E-state index in [2.05, 4.69) is 0 Å². The number of likely N-dealkylation sites (tertiary alicyclic amines) is 1. The molecule has 0 saturated carbocycles. The van der Waals surface area contributed by atoms with Crippen LogP contribution in [-0.4, -0.2) is 64.6 Å². The Hall–Kier alpha value is -2.07. The van der Waals surface area contributed by atoms with Crippen LogP contribution in [0.5, 0.6) is 0 Å². The molecule has 1 saturated heterocycles. The Morgan fingerprint density at radius 3 is 2.30 bits per heavy atom. The second-order valence-corrected chi connectivity index (χ2v) is 8.96. The number of methoxy groups -OCH3 is 1. The Balaban J connectivity index is 2.18. The van der Waals surface area contributed by atoms with Crippen molar-refractivity contribution in [1.29, 1.82) is 0 Å². The third-order valence-corrected chi connectivity index (χ3v) is 5.31. The molecular formula is C17H24BNO7S. The molecule has 0 bridgehead atoms. The van der Waals surface area contributed by atoms with Crippen LogP contribution >= 0.6 is 0 Å². The molecule has 0 spiro atoms. The van der Waals surface area contributed by atoms with E-state index in [1.807, 2.05) is 7.85 Å². The highest BCUT2D eigenvalue weighted by Crippen LogP contribution is 2.26. The molecule has 1 aromatic rings. The van der Waals surface area contributed by atoms with Gasteiger partial charge in [0.25, 0.3) is 10.1 Å². The summed E-state index contributed by atoms with van der Waals surface area (Å²) in [5, 5.41) is 0. The summed E-state index contributed by atoms with van der Waals surface area (Å²) in [5.74, 6) is -0.653. The standard InChI is InChI=1S/C17H24BNO7S/c1-17(2,3)25-16(21)19-10-12(9-14(19)15(20)24-4)26-27(22,23)13-7-5-11(18)6-8-13/h5-8,12,14H,9-10,18H2,1-4H3/t12?,14-/m0/s1. The number of hydrogen-bond donors (Lipinski definition) is 0. The second kappa shape index (κ2) is 7.89. The molecule has 2 atom stereocenters. The largest absolute Gasteiger partial charge is 0.467 e. The van der Waals surface area contributed by atoms with Crippen LogP contribution in [0.15, 0.2) is 29.2 Å². The fraction of sp³-hybridized carbons (Fsp3) is 0.529. The van der Waals surface area contributed by atoms with E-state index < -0.39 is 39.9 Å². The highest BCUT2D eigenvalue weighted by Gasteiger charge is 2.44. The molecule has 148 valence electrons. The maximum Gasteiger partial charge on any atom is 0.411 e. The van der Waals surface area contributed by atoms with Crippen LogP contribution in [0.25, 0.3) is 0 Å². The first-order valence-electron chi connectivity index (χ1n) is 8.50. The third-order valence-electron chi connectivity index (χ3n) is 3.94. The van der Waals surface area contributed by atoms with Crippen molar-refractivity contribution in [3.05, 3.63) is 24.3 Å². The van der Waals surface area contributed by atoms with Crippen molar-refractivity contribution in [3.63, 3.8) is 0 Å². The van der Waals surface area contributed by atoms with Crippen molar-refractivity contribution >= 4 is 35.5 Å². The molecule has 0 aromatic heterocycles. The minimum atomic E-state index is -4.03. The molecule has 1 unspecified atom stereocenters. The number of amides is 1. The minimum absolute atomic E-state index is 0.00297. The number of hydrogen-bond acceptors (Lipinski definition) is 7. The lowest BCUT2D eigenvalue weighted by Crippen LogP contribution is -2.44. The van der Waals surface area contributed by atoms with E-state index in [0.717, 1.165) is 10.4 Å². The molecule has 27 heavy (non-hydrogen) atoms. The first kappa shape index (κ1) is 21.2. The summed E-state index contributed by atoms with van der Waals surface area (Å²) in [6.07, 6.45) is -1.61. The highest BCUT2D eigenvalue weighted by molar-refractivity contribution is 7.86. The maximum absolute atomic E-state index is 12.5. The fourth-order valence-electron chi connectivity index (χ4n) is 2.69. The lowest BCUT2D eigenvalue weighted by atomic mass is 9.97. The lowest BCUT2D eigenvalue weighted by molar-refractivity contribution is -0.145. The fourth-order valence-corrected chi connectivity index (χ4v) is 3.77. The summed E-state index contributed by atoms with van der Waals surface area (Å²) in [4.78, 5) is 25.6. The zero-order valence-electron chi connectivity index (χ0n) is 16.1. The molecule has 1 aliphatic rings. The van der Waals surface area contributed by atoms with Crippen molar-refractivity contribution in [3.8, 4) is 0 Å². The van der Waals surface area contributed by atoms with Crippen LogP contribution in [-0.2, 0) is 28.6 Å². The van der Waals surface area contributed by atoms with Crippen molar-refractivity contribution < 1.29 is 31.7 Å². The summed E-state index contributed by atoms with van der Waals surface area (Å²) in [6, 6.07) is 5.25. The van der Waals surface area contributed by atoms with E-state index in [0.29, 0.717) is 0 Å². The molecular weight excluding hydrogens is 373 g/mol. The molecule has 1 fully saturated rings. The van der Waals surface area contributed by atoms with Crippen LogP contribution in [0.1, 0.15) is 27.2 Å². The SMILES string of the molecule is Bc1ccc(S(=O)(=O)OC2C[C@@H](C(=O)OC)N(C(=O)OC(C)(C)C)C2)cc1. The van der Waals surface area contributed by atoms with Gasteiger partial charge in [0.2, 0.25) is 0 Å². The molecule has 1 aromatic carbocycles. The minimum Gasteiger partial charge on any atom is -0.467 e. The van der Waals surface area contributed by atoms with Gasteiger partial charge in [-0.2, -0.15) is 8.42 Å². The zero-order chi connectivity index (χ0) is 20.4. The topological polar surface area (TPSA) is 99.2 Å². The Kier molecular flexibility index (Phi) is 6.21. The smallest absolute Gasteiger partial charge is 0.411 e. The molecule has 8 nitrogen and oxygen atoms in total. The average molecular weight is 397 g/mol. The van der Waals surface area contributed by atoms with E-state index in [1.165, 1.54) is 19.2 Å². The first-order valence-corrected chi connectivity index (χ1v) is 9.91. The van der Waals surface area contributed by atoms with Crippen molar-refractivity contribution in [2.24, 2.45) is 0 Å². The first-order chi connectivity index (χ1) is 12.4. The number of carbonyl (C=O) groups is 2. The molecule has 1 aliphatic heterocycles. The Bertz CT molecular complexity index is 802. The summed E-state index contributed by atoms with van der Waals surface area (Å²) in [6.45, 7) is 5.00. The van der Waals surface area contributed by atoms with Crippen molar-refractivity contribution in [2.45, 2.75) is 49.8 Å². The van der Waals surface area contributed by atoms with Gasteiger partial charge in [0.15, 0.2) is 0 Å². The summed E-state index contributed by atoms with van der Waals surface area (Å²) in [5.41, 5.74) is 0.154. The van der Waals surface area contributed by atoms with Crippen LogP contribution < -0.4 is 5.46 Å². The zero-order valence-corrected chi connectivity index (χ0v) is 16.9. The normalized spacial score (nSPS) is 20.4. The monoisotopic (exact) mass is 397 g/mol. The van der Waals surface area contributed by atoms with Gasteiger partial charge in [-0.1, -0.05) is 17.6 Å². The highest BCUT2D eigenvalue weighted by atomic mass is 32.2. The quantitative estimate of drug-likeness (QED) is 0.407. The van der Waals surface area contributed by atoms with E-state index >= 15 is 0 Å². The number of nitrogens with zero attached hydrogens (tertiary/aromatic N) is 1. The molecule has 2 rings (SSSR count). The van der Waals surface area contributed by atoms with Gasteiger partial charge in [-0.15, -0.1) is 0 Å². The van der Waals surface area contributed by atoms with E-state index in [4.69, 9.17) is 13.7 Å². The van der Waals surface area contributed by atoms with Gasteiger partial charge in [-0.3, -0.25) is 9.08 Å². The molecule has 1 amide bonds. The van der Waals surface area contributed by atoms with E-state index in [-0.39, 0.29) is 17.9 Å². The number of rotatable bonds is 4. The van der Waals surface area contributed by atoms with Crippen LogP contribution in [0, 0.1) is 0 Å². The van der Waals surface area contributed by atoms with Crippen LogP contribution in [0.3, 0.4) is 0 Å². The van der Waals surface area contributed by atoms with Crippen molar-refractivity contribution in [2.75, 3.05) is 13.7 Å².